The molecule has 9 aromatic rings. The van der Waals surface area contributed by atoms with Crippen molar-refractivity contribution in [2.75, 3.05) is 4.90 Å². The van der Waals surface area contributed by atoms with E-state index in [0.29, 0.717) is 11.8 Å². The number of nitrogens with zero attached hydrogens (tertiary/aromatic N) is 2. The molecule has 0 N–H and O–H groups in total. The molecule has 1 aromatic heterocycles. The Hall–Kier alpha value is -6.12. The number of benzene rings is 8. The van der Waals surface area contributed by atoms with E-state index in [-0.39, 0.29) is 0 Å². The maximum atomic E-state index is 2.42. The fourth-order valence-corrected chi connectivity index (χ4v) is 8.37. The fourth-order valence-electron chi connectivity index (χ4n) is 8.37. The summed E-state index contributed by atoms with van der Waals surface area (Å²) in [6.45, 7) is 9.07. The summed E-state index contributed by atoms with van der Waals surface area (Å²) in [5.41, 5.74) is 15.2. The molecule has 0 atom stereocenters. The van der Waals surface area contributed by atoms with Crippen LogP contribution >= 0.6 is 0 Å². The van der Waals surface area contributed by atoms with Crippen LogP contribution in [0.4, 0.5) is 17.1 Å². The molecule has 0 amide bonds. The molecule has 0 unspecified atom stereocenters. The van der Waals surface area contributed by atoms with Gasteiger partial charge in [0.1, 0.15) is 0 Å². The van der Waals surface area contributed by atoms with Crippen LogP contribution in [0.5, 0.6) is 0 Å². The summed E-state index contributed by atoms with van der Waals surface area (Å²) in [4.78, 5) is 2.42. The van der Waals surface area contributed by atoms with Crippen LogP contribution < -0.4 is 4.90 Å². The summed E-state index contributed by atoms with van der Waals surface area (Å²) >= 11 is 0. The van der Waals surface area contributed by atoms with Gasteiger partial charge in [-0.05, 0) is 152 Å². The van der Waals surface area contributed by atoms with Gasteiger partial charge in [-0.15, -0.1) is 0 Å². The van der Waals surface area contributed by atoms with Crippen LogP contribution in [0.2, 0.25) is 0 Å². The first kappa shape index (κ1) is 30.7. The summed E-state index contributed by atoms with van der Waals surface area (Å²) in [6, 6.07) is 59.0. The van der Waals surface area contributed by atoms with Gasteiger partial charge >= 0.3 is 0 Å². The highest BCUT2D eigenvalue weighted by Gasteiger charge is 2.25. The Bertz CT molecular complexity index is 2760. The van der Waals surface area contributed by atoms with Gasteiger partial charge in [0, 0.05) is 33.5 Å². The third kappa shape index (κ3) is 4.78. The molecule has 0 spiro atoms. The molecule has 10 rings (SSSR count). The summed E-state index contributed by atoms with van der Waals surface area (Å²) in [5.74, 6) is 0.905. The zero-order valence-electron chi connectivity index (χ0n) is 30.1. The van der Waals surface area contributed by atoms with E-state index in [2.05, 4.69) is 195 Å². The Morgan fingerprint density at radius 2 is 0.846 bits per heavy atom. The molecular weight excluding hydrogens is 629 g/mol. The molecule has 8 aromatic carbocycles. The van der Waals surface area contributed by atoms with Gasteiger partial charge in [0.05, 0.1) is 11.0 Å². The molecule has 0 saturated heterocycles. The Morgan fingerprint density at radius 1 is 0.385 bits per heavy atom. The fraction of sp³-hybridized carbons (Fsp3) is 0.120. The number of anilines is 3. The second kappa shape index (κ2) is 11.7. The van der Waals surface area contributed by atoms with Gasteiger partial charge in [-0.25, -0.2) is 0 Å². The predicted molar refractivity (Wildman–Crippen MR) is 223 cm³/mol. The summed E-state index contributed by atoms with van der Waals surface area (Å²) in [7, 11) is 0. The van der Waals surface area contributed by atoms with Gasteiger partial charge in [0.25, 0.3) is 0 Å². The standard InChI is InChI=1S/C50H40N2/c1-31(2)33-11-9-13-39(23-33)51(40-14-10-12-34(24-40)32(3)4)41-21-19-35-27-45-46-28-36-20-22-42(26-38(36)30-48(46)47(45)29-37(35)25-41)52-49-17-7-5-15-43(49)44-16-6-8-18-50(44)52/h5-32H,1-4H3. The lowest BCUT2D eigenvalue weighted by molar-refractivity contribution is 0.864. The molecular formula is C50H40N2. The molecule has 0 bridgehead atoms. The van der Waals surface area contributed by atoms with E-state index < -0.39 is 0 Å². The molecule has 1 aliphatic rings. The molecule has 0 saturated carbocycles. The van der Waals surface area contributed by atoms with Crippen LogP contribution in [0.15, 0.2) is 158 Å². The van der Waals surface area contributed by atoms with Crippen LogP contribution in [0.25, 0.3) is 71.3 Å². The molecule has 0 fully saturated rings. The highest BCUT2D eigenvalue weighted by Crippen LogP contribution is 2.51. The van der Waals surface area contributed by atoms with Crippen LogP contribution in [-0.4, -0.2) is 4.57 Å². The zero-order chi connectivity index (χ0) is 35.1. The first-order valence-corrected chi connectivity index (χ1v) is 18.6. The number of rotatable bonds is 6. The van der Waals surface area contributed by atoms with E-state index in [0.717, 1.165) is 0 Å². The van der Waals surface area contributed by atoms with Crippen molar-refractivity contribution < 1.29 is 0 Å². The maximum Gasteiger partial charge on any atom is 0.0541 e. The molecule has 1 aliphatic carbocycles. The van der Waals surface area contributed by atoms with E-state index in [4.69, 9.17) is 0 Å². The van der Waals surface area contributed by atoms with Gasteiger partial charge in [0.15, 0.2) is 0 Å². The van der Waals surface area contributed by atoms with E-state index in [1.54, 1.807) is 0 Å². The molecule has 2 heteroatoms. The quantitative estimate of drug-likeness (QED) is 0.171. The predicted octanol–water partition coefficient (Wildman–Crippen LogP) is 14.5. The SMILES string of the molecule is CC(C)c1cccc(N(c2cccc(C(C)C)c2)c2ccc3cc4c(cc3c2)-c2cc3cc(-n5c6ccccc6c6ccccc65)ccc3cc2-4)c1. The number of fused-ring (bicyclic) bond motifs is 9. The van der Waals surface area contributed by atoms with Gasteiger partial charge in [-0.3, -0.25) is 0 Å². The normalized spacial score (nSPS) is 12.2. The second-order valence-electron chi connectivity index (χ2n) is 15.1. The van der Waals surface area contributed by atoms with E-state index >= 15 is 0 Å². The van der Waals surface area contributed by atoms with E-state index in [1.165, 1.54) is 99.5 Å². The topological polar surface area (TPSA) is 8.17 Å². The second-order valence-corrected chi connectivity index (χ2v) is 15.1. The third-order valence-electron chi connectivity index (χ3n) is 11.2. The minimum Gasteiger partial charge on any atom is -0.310 e. The van der Waals surface area contributed by atoms with Crippen molar-refractivity contribution in [1.82, 2.24) is 4.57 Å². The Balaban J connectivity index is 1.08. The van der Waals surface area contributed by atoms with Gasteiger partial charge in [-0.1, -0.05) is 100 Å². The molecule has 0 aliphatic heterocycles. The lowest BCUT2D eigenvalue weighted by Gasteiger charge is -2.28. The van der Waals surface area contributed by atoms with Crippen LogP contribution in [0.1, 0.15) is 50.7 Å². The molecule has 1 heterocycles. The third-order valence-corrected chi connectivity index (χ3v) is 11.2. The molecule has 2 nitrogen and oxygen atoms in total. The van der Waals surface area contributed by atoms with Crippen molar-refractivity contribution in [2.45, 2.75) is 39.5 Å². The van der Waals surface area contributed by atoms with Crippen LogP contribution in [0, 0.1) is 0 Å². The lowest BCUT2D eigenvalue weighted by Crippen LogP contribution is -2.11. The summed E-state index contributed by atoms with van der Waals surface area (Å²) in [6.07, 6.45) is 0. The van der Waals surface area contributed by atoms with Crippen molar-refractivity contribution in [1.29, 1.82) is 0 Å². The number of hydrogen-bond acceptors (Lipinski definition) is 1. The van der Waals surface area contributed by atoms with E-state index in [9.17, 15) is 0 Å². The Labute approximate surface area is 305 Å². The Morgan fingerprint density at radius 3 is 1.38 bits per heavy atom. The van der Waals surface area contributed by atoms with Crippen molar-refractivity contribution in [2.24, 2.45) is 0 Å². The number of para-hydroxylation sites is 2. The van der Waals surface area contributed by atoms with Gasteiger partial charge in [-0.2, -0.15) is 0 Å². The largest absolute Gasteiger partial charge is 0.310 e. The maximum absolute atomic E-state index is 2.42. The summed E-state index contributed by atoms with van der Waals surface area (Å²) < 4.78 is 2.41. The van der Waals surface area contributed by atoms with Gasteiger partial charge < -0.3 is 9.47 Å². The first-order chi connectivity index (χ1) is 25.4. The monoisotopic (exact) mass is 668 g/mol. The number of aromatic nitrogens is 1. The van der Waals surface area contributed by atoms with Crippen LogP contribution in [0.3, 0.4) is 0 Å². The highest BCUT2D eigenvalue weighted by atomic mass is 15.1. The van der Waals surface area contributed by atoms with Crippen LogP contribution in [-0.2, 0) is 0 Å². The molecule has 52 heavy (non-hydrogen) atoms. The minimum absolute atomic E-state index is 0.452. The summed E-state index contributed by atoms with van der Waals surface area (Å²) in [5, 5.41) is 7.63. The average Bonchev–Trinajstić information content (AvgIpc) is 3.51. The average molecular weight is 669 g/mol. The lowest BCUT2D eigenvalue weighted by atomic mass is 9.78. The van der Waals surface area contributed by atoms with Crippen molar-refractivity contribution in [3.05, 3.63) is 169 Å². The highest BCUT2D eigenvalue weighted by molar-refractivity contribution is 6.13. The molecule has 250 valence electrons. The zero-order valence-corrected chi connectivity index (χ0v) is 30.1. The van der Waals surface area contributed by atoms with Crippen molar-refractivity contribution in [3.63, 3.8) is 0 Å². The minimum atomic E-state index is 0.452. The van der Waals surface area contributed by atoms with Gasteiger partial charge in [0.2, 0.25) is 0 Å². The molecule has 0 radical (unpaired) electrons. The van der Waals surface area contributed by atoms with Crippen molar-refractivity contribution >= 4 is 60.4 Å². The first-order valence-electron chi connectivity index (χ1n) is 18.6. The Kier molecular flexibility index (Phi) is 6.91. The van der Waals surface area contributed by atoms with Crippen molar-refractivity contribution in [3.8, 4) is 27.9 Å². The smallest absolute Gasteiger partial charge is 0.0541 e. The van der Waals surface area contributed by atoms with E-state index in [1.807, 2.05) is 0 Å². The number of hydrogen-bond donors (Lipinski definition) is 0.